The molecule has 0 aliphatic carbocycles. The van der Waals surface area contributed by atoms with Crippen LogP contribution in [0.1, 0.15) is 6.42 Å². The topological polar surface area (TPSA) is 88.2 Å². The molecule has 3 fully saturated rings. The summed E-state index contributed by atoms with van der Waals surface area (Å²) in [4.78, 5) is 25.9. The minimum absolute atomic E-state index is 0.0768. The van der Waals surface area contributed by atoms with E-state index in [1.807, 2.05) is 0 Å². The molecule has 29 heavy (non-hydrogen) atoms. The van der Waals surface area contributed by atoms with Gasteiger partial charge >= 0.3 is 12.2 Å². The van der Waals surface area contributed by atoms with Crippen LogP contribution in [0.25, 0.3) is 0 Å². The van der Waals surface area contributed by atoms with Gasteiger partial charge in [-0.15, -0.1) is 0 Å². The first-order chi connectivity index (χ1) is 13.8. The largest absolute Gasteiger partial charge is 0.453 e. The molecule has 0 bridgehead atoms. The van der Waals surface area contributed by atoms with Crippen molar-refractivity contribution in [3.8, 4) is 0 Å². The zero-order valence-electron chi connectivity index (χ0n) is 15.8. The number of carbonyl (C=O) groups is 2. The van der Waals surface area contributed by atoms with E-state index in [0.717, 1.165) is 12.1 Å². The van der Waals surface area contributed by atoms with Crippen molar-refractivity contribution in [2.24, 2.45) is 5.41 Å². The molecule has 2 amide bonds. The van der Waals surface area contributed by atoms with Crippen LogP contribution in [-0.4, -0.2) is 67.3 Å². The van der Waals surface area contributed by atoms with E-state index in [4.69, 9.17) is 4.74 Å². The molecule has 4 rings (SSSR count). The molecule has 3 saturated heterocycles. The molecule has 0 radical (unpaired) electrons. The lowest BCUT2D eigenvalue weighted by Crippen LogP contribution is -2.67. The third-order valence-electron chi connectivity index (χ3n) is 5.41. The molecule has 0 aromatic heterocycles. The van der Waals surface area contributed by atoms with Crippen molar-refractivity contribution in [3.63, 3.8) is 0 Å². The SMILES string of the molecule is COC(=O)NCC[C@H]1CN(c2cc(F)c(N3CC4(C3)CS(=O)C4)c(F)c2)C(=O)O1. The van der Waals surface area contributed by atoms with Gasteiger partial charge in [0, 0.05) is 65.9 Å². The molecule has 3 aliphatic rings. The van der Waals surface area contributed by atoms with Gasteiger partial charge in [0.15, 0.2) is 11.6 Å². The number of rotatable bonds is 5. The number of nitrogens with zero attached hydrogens (tertiary/aromatic N) is 2. The second kappa shape index (κ2) is 7.43. The number of benzene rings is 1. The number of nitrogens with one attached hydrogen (secondary N) is 1. The van der Waals surface area contributed by atoms with Crippen LogP contribution in [0.2, 0.25) is 0 Å². The maximum Gasteiger partial charge on any atom is 0.414 e. The molecule has 3 heterocycles. The second-order valence-corrected chi connectivity index (χ2v) is 9.12. The number of cyclic esters (lactones) is 1. The summed E-state index contributed by atoms with van der Waals surface area (Å²) >= 11 is 0. The van der Waals surface area contributed by atoms with E-state index in [9.17, 15) is 22.6 Å². The fourth-order valence-corrected chi connectivity index (χ4v) is 5.69. The molecule has 0 unspecified atom stereocenters. The Balaban J connectivity index is 1.40. The number of carbonyl (C=O) groups excluding carboxylic acids is 2. The summed E-state index contributed by atoms with van der Waals surface area (Å²) in [5.41, 5.74) is -0.118. The lowest BCUT2D eigenvalue weighted by molar-refractivity contribution is 0.135. The summed E-state index contributed by atoms with van der Waals surface area (Å²) in [6.07, 6.45) is -1.45. The molecular weight excluding hydrogens is 408 g/mol. The van der Waals surface area contributed by atoms with Crippen LogP contribution >= 0.6 is 0 Å². The normalized spacial score (nSPS) is 22.9. The molecule has 1 N–H and O–H groups in total. The summed E-state index contributed by atoms with van der Waals surface area (Å²) < 4.78 is 50.3. The average molecular weight is 429 g/mol. The zero-order chi connectivity index (χ0) is 20.8. The van der Waals surface area contributed by atoms with Gasteiger partial charge in [0.05, 0.1) is 19.3 Å². The summed E-state index contributed by atoms with van der Waals surface area (Å²) in [6.45, 7) is 1.32. The Morgan fingerprint density at radius 3 is 2.59 bits per heavy atom. The fraction of sp³-hybridized carbons (Fsp3) is 0.556. The number of hydrogen-bond donors (Lipinski definition) is 1. The predicted octanol–water partition coefficient (Wildman–Crippen LogP) is 1.60. The van der Waals surface area contributed by atoms with Gasteiger partial charge in [0.1, 0.15) is 11.8 Å². The van der Waals surface area contributed by atoms with Gasteiger partial charge in [-0.1, -0.05) is 0 Å². The summed E-state index contributed by atoms with van der Waals surface area (Å²) in [6, 6.07) is 2.25. The number of hydrogen-bond acceptors (Lipinski definition) is 6. The van der Waals surface area contributed by atoms with Gasteiger partial charge in [0.25, 0.3) is 0 Å². The number of halogens is 2. The van der Waals surface area contributed by atoms with Gasteiger partial charge in [0.2, 0.25) is 0 Å². The van der Waals surface area contributed by atoms with Crippen molar-refractivity contribution in [1.82, 2.24) is 5.32 Å². The second-order valence-electron chi connectivity index (χ2n) is 7.67. The molecule has 1 aromatic rings. The minimum atomic E-state index is -0.813. The highest BCUT2D eigenvalue weighted by atomic mass is 32.2. The van der Waals surface area contributed by atoms with Crippen LogP contribution in [-0.2, 0) is 20.3 Å². The number of anilines is 2. The van der Waals surface area contributed by atoms with E-state index in [1.165, 1.54) is 12.0 Å². The number of amides is 2. The lowest BCUT2D eigenvalue weighted by Gasteiger charge is -2.55. The Hall–Kier alpha value is -2.43. The number of ether oxygens (including phenoxy) is 2. The maximum atomic E-state index is 14.7. The highest BCUT2D eigenvalue weighted by molar-refractivity contribution is 7.86. The predicted molar refractivity (Wildman–Crippen MR) is 102 cm³/mol. The van der Waals surface area contributed by atoms with Crippen LogP contribution in [0, 0.1) is 17.0 Å². The molecule has 158 valence electrons. The molecular formula is C18H21F2N3O5S. The highest BCUT2D eigenvalue weighted by Crippen LogP contribution is 2.44. The van der Waals surface area contributed by atoms with Crippen LogP contribution in [0.15, 0.2) is 12.1 Å². The zero-order valence-corrected chi connectivity index (χ0v) is 16.6. The van der Waals surface area contributed by atoms with Gasteiger partial charge in [-0.05, 0) is 0 Å². The Morgan fingerprint density at radius 1 is 1.34 bits per heavy atom. The van der Waals surface area contributed by atoms with E-state index in [-0.39, 0.29) is 29.9 Å². The van der Waals surface area contributed by atoms with E-state index in [1.54, 1.807) is 4.90 Å². The first-order valence-electron chi connectivity index (χ1n) is 9.19. The van der Waals surface area contributed by atoms with Crippen molar-refractivity contribution in [2.75, 3.05) is 54.6 Å². The monoisotopic (exact) mass is 429 g/mol. The standard InChI is InChI=1S/C18H21F2N3O5S/c1-27-16(24)21-3-2-12-6-23(17(25)28-12)11-4-13(19)15(14(20)5-11)22-7-18(8-22)9-29(26)10-18/h4-5,12H,2-3,6-10H2,1H3,(H,21,24)/t12-/m0/s1. The number of methoxy groups -OCH3 is 1. The van der Waals surface area contributed by atoms with E-state index >= 15 is 0 Å². The molecule has 3 aliphatic heterocycles. The third kappa shape index (κ3) is 3.75. The van der Waals surface area contributed by atoms with Gasteiger partial charge in [-0.2, -0.15) is 0 Å². The van der Waals surface area contributed by atoms with Crippen LogP contribution < -0.4 is 15.1 Å². The summed E-state index contributed by atoms with van der Waals surface area (Å²) in [5, 5.41) is 2.48. The Morgan fingerprint density at radius 2 is 2.00 bits per heavy atom. The Kier molecular flexibility index (Phi) is 5.09. The van der Waals surface area contributed by atoms with Gasteiger partial charge in [-0.25, -0.2) is 18.4 Å². The molecule has 1 spiro atoms. The Labute approximate surface area is 168 Å². The smallest absolute Gasteiger partial charge is 0.414 e. The molecule has 11 heteroatoms. The van der Waals surface area contributed by atoms with E-state index in [2.05, 4.69) is 10.1 Å². The lowest BCUT2D eigenvalue weighted by atomic mass is 9.82. The maximum absolute atomic E-state index is 14.7. The molecule has 8 nitrogen and oxygen atoms in total. The van der Waals surface area contributed by atoms with Crippen molar-refractivity contribution in [2.45, 2.75) is 12.5 Å². The minimum Gasteiger partial charge on any atom is -0.453 e. The average Bonchev–Trinajstić information content (AvgIpc) is 2.98. The first kappa shape index (κ1) is 19.9. The molecule has 0 saturated carbocycles. The third-order valence-corrected chi connectivity index (χ3v) is 7.28. The molecule has 1 aromatic carbocycles. The van der Waals surface area contributed by atoms with Crippen molar-refractivity contribution < 1.29 is 32.1 Å². The quantitative estimate of drug-likeness (QED) is 0.765. The van der Waals surface area contributed by atoms with Gasteiger partial charge < -0.3 is 19.7 Å². The van der Waals surface area contributed by atoms with Crippen molar-refractivity contribution in [1.29, 1.82) is 0 Å². The Bertz CT molecular complexity index is 844. The van der Waals surface area contributed by atoms with E-state index < -0.39 is 40.7 Å². The van der Waals surface area contributed by atoms with Gasteiger partial charge in [-0.3, -0.25) is 9.11 Å². The van der Waals surface area contributed by atoms with E-state index in [0.29, 0.717) is 31.0 Å². The number of alkyl carbamates (subject to hydrolysis) is 1. The summed E-state index contributed by atoms with van der Waals surface area (Å²) in [7, 11) is 0.429. The van der Waals surface area contributed by atoms with Crippen LogP contribution in [0.3, 0.4) is 0 Å². The first-order valence-corrected chi connectivity index (χ1v) is 10.7. The van der Waals surface area contributed by atoms with Crippen molar-refractivity contribution >= 4 is 34.4 Å². The fourth-order valence-electron chi connectivity index (χ4n) is 4.04. The molecule has 1 atom stereocenters. The summed E-state index contributed by atoms with van der Waals surface area (Å²) in [5.74, 6) is -0.342. The van der Waals surface area contributed by atoms with Crippen LogP contribution in [0.4, 0.5) is 29.7 Å². The van der Waals surface area contributed by atoms with Crippen LogP contribution in [0.5, 0.6) is 0 Å². The van der Waals surface area contributed by atoms with Crippen molar-refractivity contribution in [3.05, 3.63) is 23.8 Å². The highest BCUT2D eigenvalue weighted by Gasteiger charge is 2.52.